The molecule has 0 bridgehead atoms. The number of hydrogen-bond acceptors (Lipinski definition) is 6. The highest BCUT2D eigenvalue weighted by Gasteiger charge is 2.25. The van der Waals surface area contributed by atoms with Crippen LogP contribution in [-0.2, 0) is 21.4 Å². The van der Waals surface area contributed by atoms with Crippen LogP contribution in [0.2, 0.25) is 0 Å². The summed E-state index contributed by atoms with van der Waals surface area (Å²) in [7, 11) is -3.92. The zero-order valence-corrected chi connectivity index (χ0v) is 17.7. The maximum Gasteiger partial charge on any atom is 0.321 e. The van der Waals surface area contributed by atoms with Crippen LogP contribution in [0.5, 0.6) is 0 Å². The lowest BCUT2D eigenvalue weighted by molar-refractivity contribution is -0.139. The van der Waals surface area contributed by atoms with Gasteiger partial charge in [0.05, 0.1) is 16.6 Å². The summed E-state index contributed by atoms with van der Waals surface area (Å²) in [5.74, 6) is 0.201. The molecule has 0 fully saturated rings. The zero-order chi connectivity index (χ0) is 21.0. The minimum absolute atomic E-state index is 0.0352. The Morgan fingerprint density at radius 1 is 1.28 bits per heavy atom. The van der Waals surface area contributed by atoms with Gasteiger partial charge >= 0.3 is 5.97 Å². The van der Waals surface area contributed by atoms with Gasteiger partial charge in [-0.2, -0.15) is 16.5 Å². The van der Waals surface area contributed by atoms with E-state index < -0.39 is 22.0 Å². The van der Waals surface area contributed by atoms with Crippen molar-refractivity contribution >= 4 is 38.8 Å². The molecule has 0 saturated carbocycles. The highest BCUT2D eigenvalue weighted by Crippen LogP contribution is 2.18. The Bertz CT molecular complexity index is 1110. The largest absolute Gasteiger partial charge is 0.480 e. The van der Waals surface area contributed by atoms with Gasteiger partial charge in [0.2, 0.25) is 10.0 Å². The highest BCUT2D eigenvalue weighted by molar-refractivity contribution is 7.98. The fraction of sp³-hybridized carbons (Fsp3) is 0.316. The van der Waals surface area contributed by atoms with Crippen LogP contribution in [0.15, 0.2) is 47.6 Å². The number of thioether (sulfide) groups is 1. The molecule has 8 nitrogen and oxygen atoms in total. The van der Waals surface area contributed by atoms with Crippen LogP contribution in [0.25, 0.3) is 11.0 Å². The summed E-state index contributed by atoms with van der Waals surface area (Å²) in [5.41, 5.74) is 2.66. The van der Waals surface area contributed by atoms with Crippen LogP contribution in [-0.4, -0.2) is 52.1 Å². The number of pyridine rings is 1. The molecule has 29 heavy (non-hydrogen) atoms. The minimum atomic E-state index is -3.92. The maximum atomic E-state index is 12.6. The summed E-state index contributed by atoms with van der Waals surface area (Å²) in [6.07, 6.45) is 5.47. The lowest BCUT2D eigenvalue weighted by Gasteiger charge is -2.14. The molecule has 10 heteroatoms. The average molecular weight is 435 g/mol. The van der Waals surface area contributed by atoms with Crippen molar-refractivity contribution < 1.29 is 18.3 Å². The number of carboxylic acid groups (broad SMARTS) is 1. The van der Waals surface area contributed by atoms with Gasteiger partial charge in [0, 0.05) is 12.7 Å². The molecular formula is C19H22N4O4S2. The predicted octanol–water partition coefficient (Wildman–Crippen LogP) is 2.27. The number of aliphatic carboxylic acids is 1. The van der Waals surface area contributed by atoms with E-state index in [1.165, 1.54) is 23.9 Å². The van der Waals surface area contributed by atoms with E-state index in [4.69, 9.17) is 0 Å². The molecule has 2 heterocycles. The molecular weight excluding hydrogens is 412 g/mol. The van der Waals surface area contributed by atoms with Gasteiger partial charge in [-0.25, -0.2) is 13.4 Å². The van der Waals surface area contributed by atoms with Crippen LogP contribution >= 0.6 is 11.8 Å². The Balaban J connectivity index is 1.78. The number of rotatable bonds is 9. The molecule has 2 N–H and O–H groups in total. The van der Waals surface area contributed by atoms with Gasteiger partial charge in [-0.3, -0.25) is 9.78 Å². The van der Waals surface area contributed by atoms with Crippen molar-refractivity contribution in [2.24, 2.45) is 0 Å². The summed E-state index contributed by atoms with van der Waals surface area (Å²) in [6.45, 7) is 2.44. The van der Waals surface area contributed by atoms with Gasteiger partial charge in [0.25, 0.3) is 0 Å². The van der Waals surface area contributed by atoms with Crippen LogP contribution in [0.4, 0.5) is 0 Å². The van der Waals surface area contributed by atoms with E-state index in [0.29, 0.717) is 12.3 Å². The number of carbonyl (C=O) groups is 1. The van der Waals surface area contributed by atoms with Gasteiger partial charge in [-0.05, 0) is 49.1 Å². The number of carboxylic acids is 1. The Hall–Kier alpha value is -2.43. The van der Waals surface area contributed by atoms with Gasteiger partial charge in [-0.1, -0.05) is 12.1 Å². The predicted molar refractivity (Wildman–Crippen MR) is 113 cm³/mol. The van der Waals surface area contributed by atoms with E-state index in [0.717, 1.165) is 22.4 Å². The first kappa shape index (κ1) is 21.3. The lowest BCUT2D eigenvalue weighted by Crippen LogP contribution is -2.41. The first-order valence-electron chi connectivity index (χ1n) is 8.91. The van der Waals surface area contributed by atoms with Crippen molar-refractivity contribution in [2.75, 3.05) is 12.0 Å². The lowest BCUT2D eigenvalue weighted by atomic mass is 10.2. The third-order valence-electron chi connectivity index (χ3n) is 4.52. The number of nitrogens with one attached hydrogen (secondary N) is 1. The Morgan fingerprint density at radius 2 is 2.00 bits per heavy atom. The molecule has 1 aromatic carbocycles. The number of hydrogen-bond donors (Lipinski definition) is 2. The van der Waals surface area contributed by atoms with E-state index in [1.54, 1.807) is 24.5 Å². The van der Waals surface area contributed by atoms with E-state index in [-0.39, 0.29) is 11.3 Å². The second kappa shape index (κ2) is 8.93. The number of benzene rings is 1. The number of aryl methyl sites for hydroxylation is 1. The molecule has 3 rings (SSSR count). The zero-order valence-electron chi connectivity index (χ0n) is 16.1. The third kappa shape index (κ3) is 4.95. The number of aromatic nitrogens is 3. The highest BCUT2D eigenvalue weighted by atomic mass is 32.2. The number of sulfonamides is 1. The van der Waals surface area contributed by atoms with Crippen molar-refractivity contribution in [3.63, 3.8) is 0 Å². The van der Waals surface area contributed by atoms with Crippen LogP contribution in [0.1, 0.15) is 17.8 Å². The van der Waals surface area contributed by atoms with Gasteiger partial charge in [0.1, 0.15) is 17.4 Å². The number of nitrogens with zero attached hydrogens (tertiary/aromatic N) is 3. The van der Waals surface area contributed by atoms with Crippen LogP contribution < -0.4 is 4.72 Å². The smallest absolute Gasteiger partial charge is 0.321 e. The summed E-state index contributed by atoms with van der Waals surface area (Å²) < 4.78 is 29.4. The normalized spacial score (nSPS) is 12.9. The first-order valence-corrected chi connectivity index (χ1v) is 11.8. The fourth-order valence-electron chi connectivity index (χ4n) is 2.98. The second-order valence-electron chi connectivity index (χ2n) is 6.55. The Labute approximate surface area is 173 Å². The fourth-order valence-corrected chi connectivity index (χ4v) is 4.68. The SMILES string of the molecule is CSCC[C@H](NS(=O)(=O)c1ccc(Cn2c(C)nc3cnccc32)cc1)C(=O)O. The maximum absolute atomic E-state index is 12.6. The third-order valence-corrected chi connectivity index (χ3v) is 6.65. The van der Waals surface area contributed by atoms with Crippen LogP contribution in [0, 0.1) is 6.92 Å². The topological polar surface area (TPSA) is 114 Å². The number of imidazole rings is 1. The molecule has 1 atom stereocenters. The standard InChI is InChI=1S/C19H22N4O4S2/c1-13-21-17-11-20-9-7-18(17)23(13)12-14-3-5-15(6-4-14)29(26,27)22-16(19(24)25)8-10-28-2/h3-7,9,11,16,22H,8,10,12H2,1-2H3,(H,24,25)/t16-/m0/s1. The van der Waals surface area contributed by atoms with Crippen LogP contribution in [0.3, 0.4) is 0 Å². The number of fused-ring (bicyclic) bond motifs is 1. The second-order valence-corrected chi connectivity index (χ2v) is 9.25. The summed E-state index contributed by atoms with van der Waals surface area (Å²) in [6, 6.07) is 7.15. The molecule has 0 aliphatic carbocycles. The molecule has 0 radical (unpaired) electrons. The summed E-state index contributed by atoms with van der Waals surface area (Å²) >= 11 is 1.47. The Kier molecular flexibility index (Phi) is 6.56. The average Bonchev–Trinajstić information content (AvgIpc) is 3.00. The molecule has 0 aliphatic heterocycles. The molecule has 0 amide bonds. The minimum Gasteiger partial charge on any atom is -0.480 e. The monoisotopic (exact) mass is 434 g/mol. The van der Waals surface area contributed by atoms with E-state index >= 15 is 0 Å². The van der Waals surface area contributed by atoms with Gasteiger partial charge in [-0.15, -0.1) is 0 Å². The molecule has 154 valence electrons. The van der Waals surface area contributed by atoms with Gasteiger partial charge < -0.3 is 9.67 Å². The van der Waals surface area contributed by atoms with Crippen molar-refractivity contribution in [1.29, 1.82) is 0 Å². The molecule has 3 aromatic rings. The molecule has 0 saturated heterocycles. The first-order chi connectivity index (χ1) is 13.8. The van der Waals surface area contributed by atoms with Gasteiger partial charge in [0.15, 0.2) is 0 Å². The van der Waals surface area contributed by atoms with Crippen molar-refractivity contribution in [1.82, 2.24) is 19.3 Å². The van der Waals surface area contributed by atoms with Crippen molar-refractivity contribution in [3.8, 4) is 0 Å². The van der Waals surface area contributed by atoms with E-state index in [2.05, 4.69) is 14.7 Å². The van der Waals surface area contributed by atoms with E-state index in [9.17, 15) is 18.3 Å². The van der Waals surface area contributed by atoms with Crippen molar-refractivity contribution in [3.05, 3.63) is 54.1 Å². The summed E-state index contributed by atoms with van der Waals surface area (Å²) in [4.78, 5) is 19.9. The summed E-state index contributed by atoms with van der Waals surface area (Å²) in [5, 5.41) is 9.26. The quantitative estimate of drug-likeness (QED) is 0.531. The molecule has 0 spiro atoms. The van der Waals surface area contributed by atoms with E-state index in [1.807, 2.05) is 23.8 Å². The molecule has 0 unspecified atom stereocenters. The Morgan fingerprint density at radius 3 is 2.66 bits per heavy atom. The van der Waals surface area contributed by atoms with Crippen molar-refractivity contribution in [2.45, 2.75) is 30.8 Å². The molecule has 0 aliphatic rings. The molecule has 2 aromatic heterocycles.